The largest absolute Gasteiger partial charge is 0.496 e. The number of nitrogens with two attached hydrogens (primary N) is 1. The summed E-state index contributed by atoms with van der Waals surface area (Å²) in [6.45, 7) is 0. The van der Waals surface area contributed by atoms with E-state index >= 15 is 0 Å². The molecule has 2 aromatic rings. The molecule has 0 aliphatic heterocycles. The molecule has 106 valence electrons. The van der Waals surface area contributed by atoms with Gasteiger partial charge in [0.05, 0.1) is 12.7 Å². The Balaban J connectivity index is 1.86. The van der Waals surface area contributed by atoms with E-state index in [-0.39, 0.29) is 5.54 Å². The van der Waals surface area contributed by atoms with Crippen LogP contribution < -0.4 is 10.5 Å². The van der Waals surface area contributed by atoms with Gasteiger partial charge in [0.2, 0.25) is 11.7 Å². The number of halogens is 1. The molecule has 6 heteroatoms. The number of methoxy groups -OCH3 is 1. The number of aromatic nitrogens is 2. The first-order valence-corrected chi connectivity index (χ1v) is 6.93. The van der Waals surface area contributed by atoms with Crippen LogP contribution in [0.3, 0.4) is 0 Å². The van der Waals surface area contributed by atoms with Crippen LogP contribution in [-0.2, 0) is 6.42 Å². The van der Waals surface area contributed by atoms with Gasteiger partial charge in [0.25, 0.3) is 0 Å². The summed E-state index contributed by atoms with van der Waals surface area (Å²) < 4.78 is 10.6. The molecule has 0 bridgehead atoms. The maximum atomic E-state index is 6.19. The molecule has 0 amide bonds. The third kappa shape index (κ3) is 2.51. The van der Waals surface area contributed by atoms with E-state index in [9.17, 15) is 0 Å². The number of hydrogen-bond acceptors (Lipinski definition) is 5. The maximum absolute atomic E-state index is 6.19. The molecule has 0 radical (unpaired) electrons. The zero-order valence-corrected chi connectivity index (χ0v) is 12.0. The van der Waals surface area contributed by atoms with Gasteiger partial charge in [-0.05, 0) is 37.5 Å². The van der Waals surface area contributed by atoms with Crippen LogP contribution in [0.4, 0.5) is 0 Å². The third-order valence-corrected chi connectivity index (χ3v) is 3.96. The van der Waals surface area contributed by atoms with E-state index < -0.39 is 0 Å². The summed E-state index contributed by atoms with van der Waals surface area (Å²) in [5, 5.41) is 4.60. The van der Waals surface area contributed by atoms with Crippen molar-refractivity contribution in [3.63, 3.8) is 0 Å². The van der Waals surface area contributed by atoms with Gasteiger partial charge in [-0.2, -0.15) is 4.98 Å². The second kappa shape index (κ2) is 5.07. The lowest BCUT2D eigenvalue weighted by Crippen LogP contribution is -2.48. The van der Waals surface area contributed by atoms with Crippen molar-refractivity contribution in [1.29, 1.82) is 0 Å². The maximum Gasteiger partial charge on any atom is 0.228 e. The highest BCUT2D eigenvalue weighted by Crippen LogP contribution is 2.34. The van der Waals surface area contributed by atoms with Crippen LogP contribution in [0.25, 0.3) is 11.4 Å². The minimum absolute atomic E-state index is 0.173. The Kier molecular flexibility index (Phi) is 3.40. The van der Waals surface area contributed by atoms with Gasteiger partial charge in [-0.1, -0.05) is 16.8 Å². The highest BCUT2D eigenvalue weighted by atomic mass is 35.5. The number of benzene rings is 1. The number of nitrogens with zero attached hydrogens (tertiary/aromatic N) is 2. The fourth-order valence-electron chi connectivity index (χ4n) is 2.39. The summed E-state index contributed by atoms with van der Waals surface area (Å²) in [5.41, 5.74) is 6.77. The number of ether oxygens (including phenoxy) is 1. The molecule has 2 N–H and O–H groups in total. The van der Waals surface area contributed by atoms with Crippen LogP contribution in [0.2, 0.25) is 5.02 Å². The summed E-state index contributed by atoms with van der Waals surface area (Å²) in [4.78, 5) is 4.40. The van der Waals surface area contributed by atoms with Gasteiger partial charge in [-0.15, -0.1) is 0 Å². The van der Waals surface area contributed by atoms with Crippen LogP contribution in [0, 0.1) is 0 Å². The van der Waals surface area contributed by atoms with Crippen LogP contribution in [0.5, 0.6) is 5.75 Å². The predicted molar refractivity (Wildman–Crippen MR) is 75.8 cm³/mol. The quantitative estimate of drug-likeness (QED) is 0.938. The van der Waals surface area contributed by atoms with Crippen molar-refractivity contribution < 1.29 is 9.26 Å². The average molecular weight is 294 g/mol. The molecule has 1 aromatic carbocycles. The molecule has 0 unspecified atom stereocenters. The molecule has 1 heterocycles. The topological polar surface area (TPSA) is 74.2 Å². The molecule has 1 aliphatic rings. The van der Waals surface area contributed by atoms with Crippen molar-refractivity contribution in [3.8, 4) is 17.1 Å². The van der Waals surface area contributed by atoms with Crippen molar-refractivity contribution in [1.82, 2.24) is 10.1 Å². The summed E-state index contributed by atoms with van der Waals surface area (Å²) >= 11 is 5.94. The van der Waals surface area contributed by atoms with Gasteiger partial charge in [-0.3, -0.25) is 0 Å². The van der Waals surface area contributed by atoms with E-state index in [1.54, 1.807) is 19.2 Å². The molecule has 1 saturated carbocycles. The first kappa shape index (κ1) is 13.4. The molecule has 1 fully saturated rings. The molecule has 3 rings (SSSR count). The Bertz CT molecular complexity index is 623. The van der Waals surface area contributed by atoms with E-state index in [2.05, 4.69) is 10.1 Å². The third-order valence-electron chi connectivity index (χ3n) is 3.73. The van der Waals surface area contributed by atoms with Gasteiger partial charge in [-0.25, -0.2) is 0 Å². The van der Waals surface area contributed by atoms with Gasteiger partial charge in [0, 0.05) is 17.0 Å². The molecular weight excluding hydrogens is 278 g/mol. The number of rotatable bonds is 4. The summed E-state index contributed by atoms with van der Waals surface area (Å²) in [5.74, 6) is 1.69. The molecule has 20 heavy (non-hydrogen) atoms. The summed E-state index contributed by atoms with van der Waals surface area (Å²) in [7, 11) is 1.58. The van der Waals surface area contributed by atoms with E-state index in [4.69, 9.17) is 26.6 Å². The Morgan fingerprint density at radius 2 is 2.25 bits per heavy atom. The Hall–Kier alpha value is -1.59. The highest BCUT2D eigenvalue weighted by Gasteiger charge is 2.34. The Morgan fingerprint density at radius 3 is 2.90 bits per heavy atom. The standard InChI is InChI=1S/C14H16ClN3O2/c1-19-11-7-9(15)3-4-10(11)13-17-12(20-18-13)8-14(16)5-2-6-14/h3-4,7H,2,5-6,8,16H2,1H3. The molecular formula is C14H16ClN3O2. The Morgan fingerprint density at radius 1 is 1.45 bits per heavy atom. The van der Waals surface area contributed by atoms with Crippen molar-refractivity contribution >= 4 is 11.6 Å². The zero-order chi connectivity index (χ0) is 14.2. The molecule has 1 aliphatic carbocycles. The van der Waals surface area contributed by atoms with Gasteiger partial charge < -0.3 is 15.0 Å². The second-order valence-corrected chi connectivity index (χ2v) is 5.69. The van der Waals surface area contributed by atoms with Crippen LogP contribution in [-0.4, -0.2) is 22.8 Å². The summed E-state index contributed by atoms with van der Waals surface area (Å²) in [6.07, 6.45) is 3.81. The SMILES string of the molecule is COc1cc(Cl)ccc1-c1noc(CC2(N)CCC2)n1. The van der Waals surface area contributed by atoms with E-state index in [0.29, 0.717) is 28.9 Å². The fraction of sp³-hybridized carbons (Fsp3) is 0.429. The normalized spacial score (nSPS) is 16.8. The van der Waals surface area contributed by atoms with Crippen molar-refractivity contribution in [2.24, 2.45) is 5.73 Å². The van der Waals surface area contributed by atoms with E-state index in [0.717, 1.165) is 18.4 Å². The van der Waals surface area contributed by atoms with Crippen LogP contribution in [0.1, 0.15) is 25.2 Å². The average Bonchev–Trinajstić information content (AvgIpc) is 2.85. The van der Waals surface area contributed by atoms with Crippen LogP contribution >= 0.6 is 11.6 Å². The van der Waals surface area contributed by atoms with Crippen molar-refractivity contribution in [2.75, 3.05) is 7.11 Å². The molecule has 1 aromatic heterocycles. The lowest BCUT2D eigenvalue weighted by Gasteiger charge is -2.36. The first-order valence-electron chi connectivity index (χ1n) is 6.55. The minimum Gasteiger partial charge on any atom is -0.496 e. The first-order chi connectivity index (χ1) is 9.59. The number of hydrogen-bond donors (Lipinski definition) is 1. The van der Waals surface area contributed by atoms with Gasteiger partial charge in [0.15, 0.2) is 0 Å². The monoisotopic (exact) mass is 293 g/mol. The van der Waals surface area contributed by atoms with E-state index in [1.165, 1.54) is 6.42 Å². The van der Waals surface area contributed by atoms with E-state index in [1.807, 2.05) is 6.07 Å². The molecule has 0 saturated heterocycles. The van der Waals surface area contributed by atoms with Gasteiger partial charge in [0.1, 0.15) is 5.75 Å². The second-order valence-electron chi connectivity index (χ2n) is 5.25. The fourth-order valence-corrected chi connectivity index (χ4v) is 2.56. The summed E-state index contributed by atoms with van der Waals surface area (Å²) in [6, 6.07) is 5.31. The molecule has 5 nitrogen and oxygen atoms in total. The Labute approximate surface area is 122 Å². The molecule has 0 atom stereocenters. The van der Waals surface area contributed by atoms with Crippen molar-refractivity contribution in [2.45, 2.75) is 31.2 Å². The highest BCUT2D eigenvalue weighted by molar-refractivity contribution is 6.30. The lowest BCUT2D eigenvalue weighted by atomic mass is 9.75. The molecule has 0 spiro atoms. The minimum atomic E-state index is -0.173. The predicted octanol–water partition coefficient (Wildman–Crippen LogP) is 2.82. The zero-order valence-electron chi connectivity index (χ0n) is 11.2. The van der Waals surface area contributed by atoms with Crippen molar-refractivity contribution in [3.05, 3.63) is 29.1 Å². The van der Waals surface area contributed by atoms with Gasteiger partial charge >= 0.3 is 0 Å². The smallest absolute Gasteiger partial charge is 0.228 e. The van der Waals surface area contributed by atoms with Crippen LogP contribution in [0.15, 0.2) is 22.7 Å². The lowest BCUT2D eigenvalue weighted by molar-refractivity contribution is 0.222.